The van der Waals surface area contributed by atoms with E-state index in [1.807, 2.05) is 60.7 Å². The minimum absolute atomic E-state index is 0.164. The fourth-order valence-electron chi connectivity index (χ4n) is 2.73. The Hall–Kier alpha value is -3.54. The van der Waals surface area contributed by atoms with Gasteiger partial charge in [0.05, 0.1) is 11.4 Å². The summed E-state index contributed by atoms with van der Waals surface area (Å²) in [6.45, 7) is 0. The Kier molecular flexibility index (Phi) is 3.70. The van der Waals surface area contributed by atoms with Gasteiger partial charge in [-0.25, -0.2) is 9.97 Å². The average Bonchev–Trinajstić information content (AvgIpc) is 2.67. The highest BCUT2D eigenvalue weighted by Gasteiger charge is 2.16. The quantitative estimate of drug-likeness (QED) is 0.599. The summed E-state index contributed by atoms with van der Waals surface area (Å²) in [5.74, 6) is 0.726. The summed E-state index contributed by atoms with van der Waals surface area (Å²) in [6.07, 6.45) is 0. The molecule has 0 atom stereocenters. The SMILES string of the molecule is CNc1nc(N)nc2nc(-c3ccccc3)c(-c3ccccc3)nc12. The molecule has 0 aliphatic heterocycles. The van der Waals surface area contributed by atoms with E-state index in [1.54, 1.807) is 7.05 Å². The number of hydrogen-bond acceptors (Lipinski definition) is 6. The summed E-state index contributed by atoms with van der Waals surface area (Å²) in [5.41, 5.74) is 10.4. The van der Waals surface area contributed by atoms with Crippen molar-refractivity contribution in [3.8, 4) is 22.5 Å². The molecule has 0 amide bonds. The second kappa shape index (κ2) is 6.16. The van der Waals surface area contributed by atoms with Gasteiger partial charge in [-0.2, -0.15) is 9.97 Å². The summed E-state index contributed by atoms with van der Waals surface area (Å²) in [6, 6.07) is 19.9. The molecular formula is C19H16N6. The maximum absolute atomic E-state index is 5.81. The molecule has 25 heavy (non-hydrogen) atoms. The van der Waals surface area contributed by atoms with E-state index >= 15 is 0 Å². The van der Waals surface area contributed by atoms with E-state index in [0.717, 1.165) is 22.5 Å². The Morgan fingerprint density at radius 2 is 1.28 bits per heavy atom. The standard InChI is InChI=1S/C19H16N6/c1-21-17-16-18(25-19(20)24-17)23-15(13-10-6-3-7-11-13)14(22-16)12-8-4-2-5-9-12/h2-11H,1H3,(H3,20,21,23,24,25). The summed E-state index contributed by atoms with van der Waals surface area (Å²) in [4.78, 5) is 18.1. The van der Waals surface area contributed by atoms with Gasteiger partial charge in [0.25, 0.3) is 0 Å². The van der Waals surface area contributed by atoms with E-state index in [9.17, 15) is 0 Å². The summed E-state index contributed by atoms with van der Waals surface area (Å²) < 4.78 is 0. The van der Waals surface area contributed by atoms with Crippen molar-refractivity contribution in [2.45, 2.75) is 0 Å². The van der Waals surface area contributed by atoms with E-state index in [0.29, 0.717) is 17.0 Å². The summed E-state index contributed by atoms with van der Waals surface area (Å²) in [7, 11) is 1.77. The molecule has 0 bridgehead atoms. The van der Waals surface area contributed by atoms with Crippen LogP contribution >= 0.6 is 0 Å². The average molecular weight is 328 g/mol. The first-order valence-electron chi connectivity index (χ1n) is 7.90. The number of fused-ring (bicyclic) bond motifs is 1. The van der Waals surface area contributed by atoms with Gasteiger partial charge in [0, 0.05) is 18.2 Å². The fraction of sp³-hybridized carbons (Fsp3) is 0.0526. The van der Waals surface area contributed by atoms with E-state index in [2.05, 4.69) is 15.3 Å². The number of aromatic nitrogens is 4. The zero-order chi connectivity index (χ0) is 17.2. The van der Waals surface area contributed by atoms with E-state index < -0.39 is 0 Å². The lowest BCUT2D eigenvalue weighted by Gasteiger charge is -2.12. The van der Waals surface area contributed by atoms with Crippen LogP contribution in [0, 0.1) is 0 Å². The first kappa shape index (κ1) is 15.0. The third-order valence-electron chi connectivity index (χ3n) is 3.88. The molecule has 0 saturated carbocycles. The molecule has 0 aliphatic rings. The Balaban J connectivity index is 2.08. The van der Waals surface area contributed by atoms with Crippen LogP contribution in [0.5, 0.6) is 0 Å². The van der Waals surface area contributed by atoms with Gasteiger partial charge in [-0.15, -0.1) is 0 Å². The van der Waals surface area contributed by atoms with Crippen LogP contribution in [-0.2, 0) is 0 Å². The smallest absolute Gasteiger partial charge is 0.224 e. The first-order chi connectivity index (χ1) is 12.3. The molecule has 0 saturated heterocycles. The summed E-state index contributed by atoms with van der Waals surface area (Å²) >= 11 is 0. The van der Waals surface area contributed by atoms with Crippen molar-refractivity contribution in [3.63, 3.8) is 0 Å². The van der Waals surface area contributed by atoms with Gasteiger partial charge < -0.3 is 11.1 Å². The van der Waals surface area contributed by atoms with Crippen LogP contribution in [0.25, 0.3) is 33.7 Å². The van der Waals surface area contributed by atoms with Crippen molar-refractivity contribution in [3.05, 3.63) is 60.7 Å². The highest BCUT2D eigenvalue weighted by molar-refractivity contribution is 5.90. The van der Waals surface area contributed by atoms with E-state index in [-0.39, 0.29) is 5.95 Å². The monoisotopic (exact) mass is 328 g/mol. The van der Waals surface area contributed by atoms with Crippen molar-refractivity contribution in [1.82, 2.24) is 19.9 Å². The lowest BCUT2D eigenvalue weighted by molar-refractivity contribution is 1.16. The van der Waals surface area contributed by atoms with Crippen molar-refractivity contribution >= 4 is 22.9 Å². The molecule has 2 aromatic carbocycles. The first-order valence-corrected chi connectivity index (χ1v) is 7.90. The van der Waals surface area contributed by atoms with Gasteiger partial charge in [0.15, 0.2) is 17.0 Å². The van der Waals surface area contributed by atoms with Crippen molar-refractivity contribution in [2.24, 2.45) is 0 Å². The number of nitrogens with one attached hydrogen (secondary N) is 1. The normalized spacial score (nSPS) is 10.8. The Morgan fingerprint density at radius 3 is 1.84 bits per heavy atom. The molecule has 122 valence electrons. The van der Waals surface area contributed by atoms with Crippen molar-refractivity contribution in [2.75, 3.05) is 18.1 Å². The maximum Gasteiger partial charge on any atom is 0.224 e. The second-order valence-electron chi connectivity index (χ2n) is 5.51. The molecule has 0 fully saturated rings. The van der Waals surface area contributed by atoms with Gasteiger partial charge in [-0.1, -0.05) is 60.7 Å². The molecule has 3 N–H and O–H groups in total. The van der Waals surface area contributed by atoms with Crippen LogP contribution in [0.3, 0.4) is 0 Å². The van der Waals surface area contributed by atoms with Gasteiger partial charge in [-0.05, 0) is 0 Å². The van der Waals surface area contributed by atoms with Crippen LogP contribution < -0.4 is 11.1 Å². The van der Waals surface area contributed by atoms with E-state index in [1.165, 1.54) is 0 Å². The van der Waals surface area contributed by atoms with Gasteiger partial charge >= 0.3 is 0 Å². The number of nitrogen functional groups attached to an aromatic ring is 1. The molecule has 6 heteroatoms. The third-order valence-corrected chi connectivity index (χ3v) is 3.88. The predicted octanol–water partition coefficient (Wildman–Crippen LogP) is 3.38. The van der Waals surface area contributed by atoms with Crippen molar-refractivity contribution < 1.29 is 0 Å². The molecule has 0 spiro atoms. The lowest BCUT2D eigenvalue weighted by Crippen LogP contribution is -2.05. The van der Waals surface area contributed by atoms with Crippen LogP contribution in [0.1, 0.15) is 0 Å². The van der Waals surface area contributed by atoms with Crippen LogP contribution in [0.15, 0.2) is 60.7 Å². The molecule has 0 unspecified atom stereocenters. The topological polar surface area (TPSA) is 89.6 Å². The maximum atomic E-state index is 5.81. The molecule has 2 heterocycles. The van der Waals surface area contributed by atoms with Crippen LogP contribution in [0.2, 0.25) is 0 Å². The van der Waals surface area contributed by atoms with Crippen LogP contribution in [-0.4, -0.2) is 27.0 Å². The highest BCUT2D eigenvalue weighted by atomic mass is 15.1. The Labute approximate surface area is 144 Å². The predicted molar refractivity (Wildman–Crippen MR) is 100.0 cm³/mol. The largest absolute Gasteiger partial charge is 0.371 e. The minimum Gasteiger partial charge on any atom is -0.371 e. The van der Waals surface area contributed by atoms with Crippen LogP contribution in [0.4, 0.5) is 11.8 Å². The highest BCUT2D eigenvalue weighted by Crippen LogP contribution is 2.31. The summed E-state index contributed by atoms with van der Waals surface area (Å²) in [5, 5.41) is 3.02. The Morgan fingerprint density at radius 1 is 0.720 bits per heavy atom. The number of nitrogens with zero attached hydrogens (tertiary/aromatic N) is 4. The molecule has 6 nitrogen and oxygen atoms in total. The molecule has 4 aromatic rings. The van der Waals surface area contributed by atoms with Gasteiger partial charge in [0.1, 0.15) is 0 Å². The zero-order valence-electron chi connectivity index (χ0n) is 13.6. The fourth-order valence-corrected chi connectivity index (χ4v) is 2.73. The van der Waals surface area contributed by atoms with Crippen molar-refractivity contribution in [1.29, 1.82) is 0 Å². The molecular weight excluding hydrogens is 312 g/mol. The molecule has 0 aliphatic carbocycles. The molecule has 4 rings (SSSR count). The number of rotatable bonds is 3. The number of nitrogens with two attached hydrogens (primary N) is 1. The zero-order valence-corrected chi connectivity index (χ0v) is 13.6. The van der Waals surface area contributed by atoms with E-state index in [4.69, 9.17) is 15.7 Å². The molecule has 2 aromatic heterocycles. The minimum atomic E-state index is 0.164. The number of benzene rings is 2. The number of hydrogen-bond donors (Lipinski definition) is 2. The third kappa shape index (κ3) is 2.74. The second-order valence-corrected chi connectivity index (χ2v) is 5.51. The lowest BCUT2D eigenvalue weighted by atomic mass is 10.0. The molecule has 0 radical (unpaired) electrons. The Bertz CT molecular complexity index is 1030. The van der Waals surface area contributed by atoms with Gasteiger partial charge in [-0.3, -0.25) is 0 Å². The number of anilines is 2. The van der Waals surface area contributed by atoms with Gasteiger partial charge in [0.2, 0.25) is 5.95 Å².